The number of carboxylic acid groups (broad SMARTS) is 1. The Morgan fingerprint density at radius 2 is 1.67 bits per heavy atom. The molecule has 0 spiro atoms. The van der Waals surface area contributed by atoms with Crippen molar-refractivity contribution in [1.82, 2.24) is 0 Å². The van der Waals surface area contributed by atoms with Gasteiger partial charge in [-0.2, -0.15) is 0 Å². The van der Waals surface area contributed by atoms with E-state index in [2.05, 4.69) is 0 Å². The Hall–Kier alpha value is -0.740. The summed E-state index contributed by atoms with van der Waals surface area (Å²) in [5.41, 5.74) is 3.06. The Morgan fingerprint density at radius 1 is 1.06 bits per heavy atom. The summed E-state index contributed by atoms with van der Waals surface area (Å²) in [4.78, 5) is 12.3. The summed E-state index contributed by atoms with van der Waals surface area (Å²) in [5.74, 6) is -0.781. The van der Waals surface area contributed by atoms with Crippen molar-refractivity contribution in [3.8, 4) is 11.1 Å². The predicted octanol–water partition coefficient (Wildman–Crippen LogP) is 0.701. The molecule has 0 amide bonds. The van der Waals surface area contributed by atoms with Crippen molar-refractivity contribution in [2.75, 3.05) is 0 Å². The maximum atomic E-state index is 11.3. The normalized spacial score (nSPS) is 16.1. The largest absolute Gasteiger partial charge is 1.00 e. The van der Waals surface area contributed by atoms with Crippen molar-refractivity contribution in [2.24, 2.45) is 0 Å². The van der Waals surface area contributed by atoms with Crippen LogP contribution in [0.3, 0.4) is 0 Å². The van der Waals surface area contributed by atoms with Gasteiger partial charge in [0.1, 0.15) is 5.25 Å². The van der Waals surface area contributed by atoms with Crippen LogP contribution >= 0.6 is 11.8 Å². The van der Waals surface area contributed by atoms with Gasteiger partial charge in [-0.25, -0.2) is 0 Å². The molecule has 2 nitrogen and oxygen atoms in total. The van der Waals surface area contributed by atoms with Gasteiger partial charge in [-0.15, -0.1) is 11.8 Å². The number of hydrogen-bond donors (Lipinski definition) is 1. The molecule has 1 aliphatic heterocycles. The first-order valence-corrected chi connectivity index (χ1v) is 6.23. The summed E-state index contributed by atoms with van der Waals surface area (Å²) in [6.45, 7) is 0. The van der Waals surface area contributed by atoms with Crippen LogP contribution in [0.2, 0.25) is 0 Å². The van der Waals surface area contributed by atoms with E-state index < -0.39 is 11.2 Å². The minimum Gasteiger partial charge on any atom is -1.00 e. The van der Waals surface area contributed by atoms with E-state index in [1.54, 1.807) is 0 Å². The summed E-state index contributed by atoms with van der Waals surface area (Å²) < 4.78 is 0. The summed E-state index contributed by atoms with van der Waals surface area (Å²) in [6.07, 6.45) is 0. The Labute approximate surface area is 133 Å². The van der Waals surface area contributed by atoms with Crippen molar-refractivity contribution in [2.45, 2.75) is 10.1 Å². The van der Waals surface area contributed by atoms with Crippen LogP contribution in [0.15, 0.2) is 53.4 Å². The molecule has 3 rings (SSSR count). The van der Waals surface area contributed by atoms with E-state index in [9.17, 15) is 9.90 Å². The minimum atomic E-state index is -0.781. The standard InChI is InChI=1S/C14H10O2S.Na.H/c15-14(16)13-11-7-2-1-5-9(11)10-6-3-4-8-12(10)17-13;;/h1-8,13H,(H,15,16);;/q;+1;-1. The number of aliphatic carboxylic acids is 1. The van der Waals surface area contributed by atoms with Crippen LogP contribution in [0, 0.1) is 0 Å². The van der Waals surface area contributed by atoms with Crippen LogP contribution in [-0.4, -0.2) is 11.1 Å². The van der Waals surface area contributed by atoms with Crippen molar-refractivity contribution in [3.63, 3.8) is 0 Å². The molecule has 18 heavy (non-hydrogen) atoms. The van der Waals surface area contributed by atoms with Crippen molar-refractivity contribution >= 4 is 17.7 Å². The van der Waals surface area contributed by atoms with Gasteiger partial charge >= 0.3 is 35.5 Å². The van der Waals surface area contributed by atoms with Gasteiger partial charge in [0, 0.05) is 4.90 Å². The SMILES string of the molecule is O=C(O)C1Sc2ccccc2-c2ccccc21.[H-].[Na+]. The average molecular weight is 266 g/mol. The van der Waals surface area contributed by atoms with Gasteiger partial charge in [-0.3, -0.25) is 4.79 Å². The zero-order valence-electron chi connectivity index (χ0n) is 11.0. The second kappa shape index (κ2) is 5.49. The van der Waals surface area contributed by atoms with E-state index in [-0.39, 0.29) is 31.0 Å². The molecule has 86 valence electrons. The molecule has 0 bridgehead atoms. The van der Waals surface area contributed by atoms with Crippen LogP contribution in [0.25, 0.3) is 11.1 Å². The first-order valence-electron chi connectivity index (χ1n) is 5.35. The van der Waals surface area contributed by atoms with E-state index in [1.165, 1.54) is 11.8 Å². The molecule has 2 aromatic rings. The molecule has 0 saturated carbocycles. The fraction of sp³-hybridized carbons (Fsp3) is 0.0714. The number of rotatable bonds is 1. The molecule has 1 heterocycles. The second-order valence-corrected chi connectivity index (χ2v) is 5.07. The van der Waals surface area contributed by atoms with Crippen molar-refractivity contribution in [3.05, 3.63) is 54.1 Å². The maximum absolute atomic E-state index is 11.3. The third-order valence-corrected chi connectivity index (χ3v) is 4.19. The zero-order valence-corrected chi connectivity index (χ0v) is 12.8. The van der Waals surface area contributed by atoms with Gasteiger partial charge in [0.2, 0.25) is 0 Å². The van der Waals surface area contributed by atoms with Crippen LogP contribution in [0.4, 0.5) is 0 Å². The van der Waals surface area contributed by atoms with Gasteiger partial charge in [0.25, 0.3) is 0 Å². The number of fused-ring (bicyclic) bond motifs is 3. The third-order valence-electron chi connectivity index (χ3n) is 2.89. The van der Waals surface area contributed by atoms with E-state index in [0.717, 1.165) is 21.6 Å². The predicted molar refractivity (Wildman–Crippen MR) is 69.2 cm³/mol. The molecule has 2 aromatic carbocycles. The number of hydrogen-bond acceptors (Lipinski definition) is 2. The Kier molecular flexibility index (Phi) is 4.17. The van der Waals surface area contributed by atoms with E-state index in [4.69, 9.17) is 0 Å². The number of benzene rings is 2. The fourth-order valence-electron chi connectivity index (χ4n) is 2.14. The fourth-order valence-corrected chi connectivity index (χ4v) is 3.29. The second-order valence-electron chi connectivity index (χ2n) is 3.92. The monoisotopic (exact) mass is 266 g/mol. The average Bonchev–Trinajstić information content (AvgIpc) is 2.37. The Morgan fingerprint density at radius 3 is 2.39 bits per heavy atom. The Balaban J connectivity index is 0.000000902. The maximum Gasteiger partial charge on any atom is 1.00 e. The summed E-state index contributed by atoms with van der Waals surface area (Å²) in [7, 11) is 0. The molecule has 4 heteroatoms. The molecule has 0 aromatic heterocycles. The molecule has 0 aliphatic carbocycles. The molecule has 0 saturated heterocycles. The first-order chi connectivity index (χ1) is 8.27. The van der Waals surface area contributed by atoms with Gasteiger partial charge in [0.15, 0.2) is 0 Å². The Bertz CT molecular complexity index is 604. The quantitative estimate of drug-likeness (QED) is 0.772. The number of carboxylic acids is 1. The van der Waals surface area contributed by atoms with Gasteiger partial charge in [0.05, 0.1) is 0 Å². The van der Waals surface area contributed by atoms with E-state index in [0.29, 0.717) is 0 Å². The van der Waals surface area contributed by atoms with E-state index in [1.807, 2.05) is 48.5 Å². The van der Waals surface area contributed by atoms with Crippen molar-refractivity contribution < 1.29 is 40.9 Å². The summed E-state index contributed by atoms with van der Waals surface area (Å²) in [5, 5.41) is 8.79. The first kappa shape index (κ1) is 13.7. The molecule has 1 unspecified atom stereocenters. The van der Waals surface area contributed by atoms with E-state index >= 15 is 0 Å². The number of thioether (sulfide) groups is 1. The van der Waals surface area contributed by atoms with Gasteiger partial charge in [-0.1, -0.05) is 42.5 Å². The minimum absolute atomic E-state index is 0. The molecule has 1 aliphatic rings. The molecular weight excluding hydrogens is 255 g/mol. The molecule has 0 radical (unpaired) electrons. The van der Waals surface area contributed by atoms with Crippen LogP contribution < -0.4 is 29.6 Å². The van der Waals surface area contributed by atoms with Gasteiger partial charge in [-0.05, 0) is 22.8 Å². The topological polar surface area (TPSA) is 37.3 Å². The number of carbonyl (C=O) groups is 1. The van der Waals surface area contributed by atoms with Crippen LogP contribution in [0.1, 0.15) is 12.2 Å². The van der Waals surface area contributed by atoms with Crippen LogP contribution in [0.5, 0.6) is 0 Å². The third kappa shape index (κ3) is 2.24. The summed E-state index contributed by atoms with van der Waals surface area (Å²) in [6, 6.07) is 15.7. The zero-order chi connectivity index (χ0) is 11.8. The molecule has 0 fully saturated rings. The molecule has 1 N–H and O–H groups in total. The van der Waals surface area contributed by atoms with Gasteiger partial charge < -0.3 is 6.53 Å². The molecule has 1 atom stereocenters. The molecular formula is C14H11NaO2S. The van der Waals surface area contributed by atoms with Crippen LogP contribution in [-0.2, 0) is 4.79 Å². The summed E-state index contributed by atoms with van der Waals surface area (Å²) >= 11 is 1.41. The smallest absolute Gasteiger partial charge is 1.00 e. The van der Waals surface area contributed by atoms with Crippen molar-refractivity contribution in [1.29, 1.82) is 0 Å².